The second kappa shape index (κ2) is 30.6. The Morgan fingerprint density at radius 3 is 1.58 bits per heavy atom. The lowest BCUT2D eigenvalue weighted by Gasteiger charge is -2.16. The molecule has 2 aromatic carbocycles. The monoisotopic (exact) mass is 682 g/mol. The minimum absolute atomic E-state index is 0.0166. The minimum atomic E-state index is -0.0189. The molecule has 0 radical (unpaired) electrons. The third kappa shape index (κ3) is 22.2. The highest BCUT2D eigenvalue weighted by atomic mass is 16.6. The van der Waals surface area contributed by atoms with Crippen molar-refractivity contribution in [2.45, 2.75) is 59.3 Å². The zero-order chi connectivity index (χ0) is 35.1. The van der Waals surface area contributed by atoms with Gasteiger partial charge in [-0.2, -0.15) is 0 Å². The number of unbranched alkanes of at least 4 members (excludes halogenated alkanes) is 2. The molecule has 2 aromatic rings. The molecule has 0 aliphatic rings. The van der Waals surface area contributed by atoms with Gasteiger partial charge < -0.3 is 53.6 Å². The molecule has 2 rings (SSSR count). The lowest BCUT2D eigenvalue weighted by atomic mass is 9.93. The summed E-state index contributed by atoms with van der Waals surface area (Å²) in [6.45, 7) is 11.2. The maximum absolute atomic E-state index is 8.87. The van der Waals surface area contributed by atoms with E-state index < -0.39 is 0 Å². The van der Waals surface area contributed by atoms with Crippen molar-refractivity contribution >= 4 is 0 Å². The highest BCUT2D eigenvalue weighted by Crippen LogP contribution is 2.30. The normalized spacial score (nSPS) is 11.6. The van der Waals surface area contributed by atoms with Crippen LogP contribution in [-0.4, -0.2) is 120 Å². The van der Waals surface area contributed by atoms with E-state index in [1.807, 2.05) is 18.2 Å². The standard InChI is InChI=1S/C30H46O9.C7H16O2/c1-24(21-27-6-7-28(25(2)22-27)37-18-15-34-12-9-31)3-4-26-5-8-29(38-19-16-35-13-10-32)30(23-26)39-20-17-36-14-11-33;1-2-3-4-6-9-7-5-8/h5-8,22-24,31-33H,3-4,9-21H2,1-2H3;8H,2-7H2,1H3. The lowest BCUT2D eigenvalue weighted by Crippen LogP contribution is -2.12. The summed E-state index contributed by atoms with van der Waals surface area (Å²) in [6.07, 6.45) is 6.48. The predicted octanol–water partition coefficient (Wildman–Crippen LogP) is 4.16. The van der Waals surface area contributed by atoms with Crippen molar-refractivity contribution < 1.29 is 53.6 Å². The maximum atomic E-state index is 8.87. The fourth-order valence-electron chi connectivity index (χ4n) is 4.61. The molecule has 1 unspecified atom stereocenters. The first-order valence-electron chi connectivity index (χ1n) is 17.3. The molecule has 4 N–H and O–H groups in total. The number of rotatable bonds is 29. The van der Waals surface area contributed by atoms with E-state index in [1.165, 1.54) is 24.0 Å². The lowest BCUT2D eigenvalue weighted by molar-refractivity contribution is 0.0644. The summed E-state index contributed by atoms with van der Waals surface area (Å²) in [5.41, 5.74) is 3.55. The van der Waals surface area contributed by atoms with Crippen molar-refractivity contribution in [1.82, 2.24) is 0 Å². The van der Waals surface area contributed by atoms with Crippen LogP contribution in [-0.2, 0) is 31.8 Å². The molecule has 11 nitrogen and oxygen atoms in total. The molecule has 11 heteroatoms. The molecule has 1 atom stereocenters. The first-order chi connectivity index (χ1) is 23.5. The van der Waals surface area contributed by atoms with Gasteiger partial charge in [-0.1, -0.05) is 44.9 Å². The first kappa shape index (κ1) is 43.5. The average Bonchev–Trinajstić information content (AvgIpc) is 3.09. The molecule has 0 aliphatic carbocycles. The van der Waals surface area contributed by atoms with Crippen LogP contribution >= 0.6 is 0 Å². The Bertz CT molecular complexity index is 1010. The molecule has 0 fully saturated rings. The summed E-state index contributed by atoms with van der Waals surface area (Å²) in [7, 11) is 0. The maximum Gasteiger partial charge on any atom is 0.161 e. The highest BCUT2D eigenvalue weighted by Gasteiger charge is 2.11. The predicted molar refractivity (Wildman–Crippen MR) is 186 cm³/mol. The Balaban J connectivity index is 0.00000112. The molecule has 0 heterocycles. The first-order valence-corrected chi connectivity index (χ1v) is 17.3. The van der Waals surface area contributed by atoms with Gasteiger partial charge in [-0.25, -0.2) is 0 Å². The molecular weight excluding hydrogens is 620 g/mol. The number of hydrogen-bond acceptors (Lipinski definition) is 11. The number of hydrogen-bond donors (Lipinski definition) is 4. The average molecular weight is 683 g/mol. The van der Waals surface area contributed by atoms with Crippen LogP contribution < -0.4 is 14.2 Å². The van der Waals surface area contributed by atoms with Gasteiger partial charge in [-0.05, 0) is 73.4 Å². The Hall–Kier alpha value is -2.48. The van der Waals surface area contributed by atoms with E-state index in [-0.39, 0.29) is 39.6 Å². The summed E-state index contributed by atoms with van der Waals surface area (Å²) < 4.78 is 38.4. The quantitative estimate of drug-likeness (QED) is 0.0919. The van der Waals surface area contributed by atoms with E-state index in [2.05, 4.69) is 39.0 Å². The van der Waals surface area contributed by atoms with E-state index in [1.54, 1.807) is 0 Å². The topological polar surface area (TPSA) is 146 Å². The molecule has 0 aromatic heterocycles. The van der Waals surface area contributed by atoms with Crippen LogP contribution in [0.25, 0.3) is 0 Å². The van der Waals surface area contributed by atoms with Gasteiger partial charge in [0.25, 0.3) is 0 Å². The number of aliphatic hydroxyl groups excluding tert-OH is 4. The van der Waals surface area contributed by atoms with Crippen molar-refractivity contribution in [2.75, 3.05) is 99.1 Å². The zero-order valence-electron chi connectivity index (χ0n) is 29.5. The van der Waals surface area contributed by atoms with Crippen LogP contribution in [0.1, 0.15) is 56.2 Å². The molecule has 276 valence electrons. The van der Waals surface area contributed by atoms with Crippen LogP contribution in [0.5, 0.6) is 17.2 Å². The fraction of sp³-hybridized carbons (Fsp3) is 0.676. The fourth-order valence-corrected chi connectivity index (χ4v) is 4.61. The largest absolute Gasteiger partial charge is 0.491 e. The number of benzene rings is 2. The summed E-state index contributed by atoms with van der Waals surface area (Å²) in [5.74, 6) is 2.64. The third-order valence-electron chi connectivity index (χ3n) is 7.05. The molecule has 48 heavy (non-hydrogen) atoms. The van der Waals surface area contributed by atoms with Crippen molar-refractivity contribution in [2.24, 2.45) is 5.92 Å². The van der Waals surface area contributed by atoms with Crippen LogP contribution in [0.15, 0.2) is 36.4 Å². The van der Waals surface area contributed by atoms with Gasteiger partial charge in [0, 0.05) is 6.61 Å². The molecular formula is C37H62O11. The smallest absolute Gasteiger partial charge is 0.161 e. The van der Waals surface area contributed by atoms with E-state index in [4.69, 9.17) is 53.6 Å². The number of ether oxygens (including phenoxy) is 7. The zero-order valence-corrected chi connectivity index (χ0v) is 29.5. The summed E-state index contributed by atoms with van der Waals surface area (Å²) in [5, 5.41) is 34.8. The Morgan fingerprint density at radius 1 is 0.542 bits per heavy atom. The second-order valence-electron chi connectivity index (χ2n) is 11.3. The molecule has 0 bridgehead atoms. The van der Waals surface area contributed by atoms with E-state index in [0.717, 1.165) is 43.6 Å². The van der Waals surface area contributed by atoms with E-state index >= 15 is 0 Å². The van der Waals surface area contributed by atoms with Crippen molar-refractivity contribution in [3.8, 4) is 17.2 Å². The number of aliphatic hydroxyl groups is 4. The van der Waals surface area contributed by atoms with E-state index in [0.29, 0.717) is 70.3 Å². The molecule has 0 aliphatic heterocycles. The van der Waals surface area contributed by atoms with Crippen LogP contribution in [0, 0.1) is 12.8 Å². The summed E-state index contributed by atoms with van der Waals surface area (Å²) in [4.78, 5) is 0. The van der Waals surface area contributed by atoms with Gasteiger partial charge in [0.05, 0.1) is 72.7 Å². The SMILES string of the molecule is CCCCCOCCO.Cc1cc(CC(C)CCc2ccc(OCCOCCO)c(OCCOCCO)c2)ccc1OCCOCCO. The number of aryl methyl sites for hydroxylation is 2. The molecule has 0 saturated heterocycles. The van der Waals surface area contributed by atoms with Crippen LogP contribution in [0.3, 0.4) is 0 Å². The summed E-state index contributed by atoms with van der Waals surface area (Å²) in [6, 6.07) is 12.3. The molecule has 0 amide bonds. The van der Waals surface area contributed by atoms with Gasteiger partial charge in [-0.15, -0.1) is 0 Å². The molecule has 0 spiro atoms. The van der Waals surface area contributed by atoms with Crippen LogP contribution in [0.4, 0.5) is 0 Å². The van der Waals surface area contributed by atoms with Gasteiger partial charge in [0.1, 0.15) is 25.6 Å². The minimum Gasteiger partial charge on any atom is -0.491 e. The van der Waals surface area contributed by atoms with E-state index in [9.17, 15) is 0 Å². The van der Waals surface area contributed by atoms with Gasteiger partial charge in [0.15, 0.2) is 11.5 Å². The third-order valence-corrected chi connectivity index (χ3v) is 7.05. The van der Waals surface area contributed by atoms with Crippen LogP contribution in [0.2, 0.25) is 0 Å². The Kier molecular flexibility index (Phi) is 27.7. The summed E-state index contributed by atoms with van der Waals surface area (Å²) >= 11 is 0. The highest BCUT2D eigenvalue weighted by molar-refractivity contribution is 5.43. The Labute approximate surface area is 288 Å². The van der Waals surface area contributed by atoms with Crippen molar-refractivity contribution in [3.05, 3.63) is 53.1 Å². The van der Waals surface area contributed by atoms with Gasteiger partial charge >= 0.3 is 0 Å². The Morgan fingerprint density at radius 2 is 1.04 bits per heavy atom. The molecule has 0 saturated carbocycles. The van der Waals surface area contributed by atoms with Gasteiger partial charge in [0.2, 0.25) is 0 Å². The van der Waals surface area contributed by atoms with Crippen molar-refractivity contribution in [1.29, 1.82) is 0 Å². The van der Waals surface area contributed by atoms with Gasteiger partial charge in [-0.3, -0.25) is 0 Å². The second-order valence-corrected chi connectivity index (χ2v) is 11.3. The van der Waals surface area contributed by atoms with Crippen molar-refractivity contribution in [3.63, 3.8) is 0 Å².